The van der Waals surface area contributed by atoms with Crippen LogP contribution in [0.5, 0.6) is 0 Å². The van der Waals surface area contributed by atoms with Crippen molar-refractivity contribution in [2.24, 2.45) is 28.1 Å². The molecule has 3 nitrogen and oxygen atoms in total. The summed E-state index contributed by atoms with van der Waals surface area (Å²) in [6, 6.07) is 0. The van der Waals surface area contributed by atoms with Crippen LogP contribution in [-0.4, -0.2) is 22.3 Å². The fourth-order valence-electron chi connectivity index (χ4n) is 5.85. The molecule has 0 amide bonds. The lowest BCUT2D eigenvalue weighted by atomic mass is 9.44. The molecule has 3 rings (SSSR count). The molecule has 0 aromatic carbocycles. The van der Waals surface area contributed by atoms with Gasteiger partial charge in [-0.15, -0.1) is 6.58 Å². The largest absolute Gasteiger partial charge is 0.481 e. The van der Waals surface area contributed by atoms with Crippen LogP contribution in [0.3, 0.4) is 0 Å². The second-order valence-electron chi connectivity index (χ2n) is 8.83. The van der Waals surface area contributed by atoms with Crippen LogP contribution in [0.15, 0.2) is 24.3 Å². The number of aliphatic carboxylic acids is 1. The van der Waals surface area contributed by atoms with Crippen LogP contribution in [0.1, 0.15) is 59.3 Å². The highest BCUT2D eigenvalue weighted by Crippen LogP contribution is 2.63. The zero-order chi connectivity index (χ0) is 17.0. The van der Waals surface area contributed by atoms with Gasteiger partial charge in [0, 0.05) is 5.41 Å². The summed E-state index contributed by atoms with van der Waals surface area (Å²) in [5, 5.41) is 20.6. The summed E-state index contributed by atoms with van der Waals surface area (Å²) in [4.78, 5) is 12.0. The second kappa shape index (κ2) is 5.20. The lowest BCUT2D eigenvalue weighted by Gasteiger charge is -2.60. The molecule has 0 heterocycles. The molecule has 0 spiro atoms. The van der Waals surface area contributed by atoms with E-state index in [9.17, 15) is 15.0 Å². The highest BCUT2D eigenvalue weighted by molar-refractivity contribution is 5.75. The fourth-order valence-corrected chi connectivity index (χ4v) is 5.85. The predicted octanol–water partition coefficient (Wildman–Crippen LogP) is 4.18. The smallest absolute Gasteiger partial charge is 0.309 e. The monoisotopic (exact) mass is 318 g/mol. The van der Waals surface area contributed by atoms with Crippen molar-refractivity contribution in [1.29, 1.82) is 0 Å². The summed E-state index contributed by atoms with van der Waals surface area (Å²) >= 11 is 0. The number of fused-ring (bicyclic) bond motifs is 3. The maximum Gasteiger partial charge on any atom is 0.309 e. The summed E-state index contributed by atoms with van der Waals surface area (Å²) < 4.78 is 0. The van der Waals surface area contributed by atoms with Gasteiger partial charge in [-0.1, -0.05) is 32.4 Å². The van der Waals surface area contributed by atoms with Crippen LogP contribution in [0.25, 0.3) is 0 Å². The molecule has 3 heteroatoms. The number of hydrogen-bond acceptors (Lipinski definition) is 2. The first-order valence-electron chi connectivity index (χ1n) is 8.94. The van der Waals surface area contributed by atoms with Crippen molar-refractivity contribution < 1.29 is 15.0 Å². The number of carboxylic acid groups (broad SMARTS) is 1. The lowest BCUT2D eigenvalue weighted by molar-refractivity contribution is -0.168. The van der Waals surface area contributed by atoms with Gasteiger partial charge in [0.15, 0.2) is 0 Å². The van der Waals surface area contributed by atoms with Crippen LogP contribution in [0.4, 0.5) is 0 Å². The minimum atomic E-state index is -0.710. The third kappa shape index (κ3) is 2.31. The topological polar surface area (TPSA) is 57.5 Å². The Morgan fingerprint density at radius 1 is 1.30 bits per heavy atom. The van der Waals surface area contributed by atoms with Gasteiger partial charge >= 0.3 is 5.97 Å². The van der Waals surface area contributed by atoms with Crippen molar-refractivity contribution in [2.75, 3.05) is 0 Å². The Bertz CT molecular complexity index is 565. The minimum absolute atomic E-state index is 0.0149. The van der Waals surface area contributed by atoms with Gasteiger partial charge in [-0.05, 0) is 61.9 Å². The molecule has 3 aliphatic rings. The molecule has 0 bridgehead atoms. The number of rotatable bonds is 2. The lowest BCUT2D eigenvalue weighted by Crippen LogP contribution is -2.57. The van der Waals surface area contributed by atoms with Crippen LogP contribution in [0, 0.1) is 28.1 Å². The first-order valence-corrected chi connectivity index (χ1v) is 8.94. The van der Waals surface area contributed by atoms with Gasteiger partial charge in [0.1, 0.15) is 0 Å². The highest BCUT2D eigenvalue weighted by Gasteiger charge is 2.60. The van der Waals surface area contributed by atoms with Crippen molar-refractivity contribution in [3.8, 4) is 0 Å². The van der Waals surface area contributed by atoms with E-state index in [1.165, 1.54) is 0 Å². The van der Waals surface area contributed by atoms with E-state index in [4.69, 9.17) is 0 Å². The number of carboxylic acids is 1. The average Bonchev–Trinajstić information content (AvgIpc) is 2.50. The third-order valence-electron chi connectivity index (χ3n) is 7.44. The first-order chi connectivity index (χ1) is 10.7. The number of aliphatic hydroxyl groups is 1. The molecule has 2 fully saturated rings. The predicted molar refractivity (Wildman–Crippen MR) is 90.9 cm³/mol. The van der Waals surface area contributed by atoms with E-state index in [1.54, 1.807) is 0 Å². The van der Waals surface area contributed by atoms with Gasteiger partial charge in [-0.2, -0.15) is 0 Å². The van der Waals surface area contributed by atoms with Crippen molar-refractivity contribution in [3.05, 3.63) is 24.3 Å². The molecular weight excluding hydrogens is 288 g/mol. The molecule has 3 aliphatic carbocycles. The number of carbonyl (C=O) groups is 1. The van der Waals surface area contributed by atoms with Gasteiger partial charge in [-0.25, -0.2) is 0 Å². The Morgan fingerprint density at radius 2 is 2.00 bits per heavy atom. The molecule has 23 heavy (non-hydrogen) atoms. The first kappa shape index (κ1) is 16.8. The van der Waals surface area contributed by atoms with Gasteiger partial charge < -0.3 is 10.2 Å². The Hall–Kier alpha value is -1.09. The van der Waals surface area contributed by atoms with Gasteiger partial charge in [0.05, 0.1) is 11.5 Å². The van der Waals surface area contributed by atoms with Crippen LogP contribution < -0.4 is 0 Å². The number of allylic oxidation sites excluding steroid dienone is 2. The Balaban J connectivity index is 2.05. The van der Waals surface area contributed by atoms with Crippen LogP contribution in [0.2, 0.25) is 0 Å². The van der Waals surface area contributed by atoms with Crippen molar-refractivity contribution in [3.63, 3.8) is 0 Å². The fraction of sp³-hybridized carbons (Fsp3) is 0.750. The van der Waals surface area contributed by atoms with Gasteiger partial charge in [0.25, 0.3) is 0 Å². The summed E-state index contributed by atoms with van der Waals surface area (Å²) in [5.74, 6) is -0.338. The zero-order valence-corrected chi connectivity index (χ0v) is 14.6. The minimum Gasteiger partial charge on any atom is -0.481 e. The molecule has 0 radical (unpaired) electrons. The molecule has 0 saturated heterocycles. The van der Waals surface area contributed by atoms with Crippen molar-refractivity contribution in [1.82, 2.24) is 0 Å². The standard InChI is InChI=1S/C20H30O3/c1-5-18(2)10-7-14-13(12-18)15(21)11-16-19(14,3)8-6-9-20(16,4)17(22)23/h5,12,14-16,21H,1,6-11H2,2-4H3,(H,22,23)/t14-,15+,16+,18-,19+,20-/m0/s1. The van der Waals surface area contributed by atoms with Gasteiger partial charge in [-0.3, -0.25) is 4.79 Å². The molecule has 128 valence electrons. The molecule has 0 aliphatic heterocycles. The average molecular weight is 318 g/mol. The van der Waals surface area contributed by atoms with Crippen LogP contribution in [-0.2, 0) is 4.79 Å². The molecule has 0 aromatic heterocycles. The van der Waals surface area contributed by atoms with Crippen molar-refractivity contribution >= 4 is 5.97 Å². The van der Waals surface area contributed by atoms with E-state index in [0.717, 1.165) is 37.7 Å². The number of aliphatic hydroxyl groups excluding tert-OH is 1. The zero-order valence-electron chi connectivity index (χ0n) is 14.6. The van der Waals surface area contributed by atoms with E-state index in [1.807, 2.05) is 13.0 Å². The maximum atomic E-state index is 12.0. The molecule has 0 unspecified atom stereocenters. The van der Waals surface area contributed by atoms with Gasteiger partial charge in [0.2, 0.25) is 0 Å². The quantitative estimate of drug-likeness (QED) is 0.751. The molecule has 2 saturated carbocycles. The Morgan fingerprint density at radius 3 is 2.61 bits per heavy atom. The highest BCUT2D eigenvalue weighted by atomic mass is 16.4. The molecule has 0 aromatic rings. The Kier molecular flexibility index (Phi) is 3.79. The van der Waals surface area contributed by atoms with Crippen LogP contribution >= 0.6 is 0 Å². The summed E-state index contributed by atoms with van der Waals surface area (Å²) in [7, 11) is 0. The van der Waals surface area contributed by atoms with Crippen molar-refractivity contribution in [2.45, 2.75) is 65.4 Å². The second-order valence-corrected chi connectivity index (χ2v) is 8.83. The maximum absolute atomic E-state index is 12.0. The van der Waals surface area contributed by atoms with E-state index >= 15 is 0 Å². The normalized spacial score (nSPS) is 49.6. The van der Waals surface area contributed by atoms with E-state index in [0.29, 0.717) is 12.3 Å². The SMILES string of the molecule is C=C[C@]1(C)C=C2[C@H](O)C[C@@H]3[C@](C)(CCC[C@]3(C)C(=O)O)[C@H]2CC1. The van der Waals surface area contributed by atoms with E-state index in [2.05, 4.69) is 26.5 Å². The summed E-state index contributed by atoms with van der Waals surface area (Å²) in [6.45, 7) is 10.3. The summed E-state index contributed by atoms with van der Waals surface area (Å²) in [5.41, 5.74) is 0.380. The van der Waals surface area contributed by atoms with E-state index < -0.39 is 17.5 Å². The van der Waals surface area contributed by atoms with E-state index in [-0.39, 0.29) is 16.7 Å². The molecule has 2 N–H and O–H groups in total. The summed E-state index contributed by atoms with van der Waals surface area (Å²) in [6.07, 6.45) is 9.10. The molecular formula is C20H30O3. The number of hydrogen-bond donors (Lipinski definition) is 2. The Labute approximate surface area is 139 Å². The third-order valence-corrected chi connectivity index (χ3v) is 7.44. The molecule has 6 atom stereocenters.